The predicted molar refractivity (Wildman–Crippen MR) is 111 cm³/mol. The maximum absolute atomic E-state index is 12.9. The molecule has 1 atom stereocenters. The molecule has 1 aliphatic rings. The third-order valence-electron chi connectivity index (χ3n) is 5.07. The fourth-order valence-corrected chi connectivity index (χ4v) is 3.62. The number of nitrogens with one attached hydrogen (secondary N) is 1. The number of rotatable bonds is 7. The van der Waals surface area contributed by atoms with Gasteiger partial charge in [-0.2, -0.15) is 0 Å². The first kappa shape index (κ1) is 20.6. The monoisotopic (exact) mass is 395 g/mol. The maximum atomic E-state index is 12.9. The standard InChI is InChI=1S/C23H26N2O4/c1-24(2)13-8-14-25-20(17-11-7-12-18(15-17)29-3)19(22(27)23(25)28)21(26)16-9-5-4-6-10-16/h4-7,9-12,15,20,26H,8,13-14H2,1-3H3/p+1/t20-/m1/s1. The molecule has 6 nitrogen and oxygen atoms in total. The van der Waals surface area contributed by atoms with E-state index in [1.165, 1.54) is 4.90 Å². The number of aliphatic hydroxyl groups is 1. The highest BCUT2D eigenvalue weighted by atomic mass is 16.5. The van der Waals surface area contributed by atoms with Gasteiger partial charge in [0, 0.05) is 18.5 Å². The molecule has 0 aromatic heterocycles. The molecule has 0 spiro atoms. The van der Waals surface area contributed by atoms with Crippen LogP contribution in [0.5, 0.6) is 5.75 Å². The zero-order valence-corrected chi connectivity index (χ0v) is 17.0. The van der Waals surface area contributed by atoms with Gasteiger partial charge < -0.3 is 19.6 Å². The lowest BCUT2D eigenvalue weighted by molar-refractivity contribution is -0.858. The normalized spacial score (nSPS) is 18.5. The van der Waals surface area contributed by atoms with Crippen molar-refractivity contribution in [1.82, 2.24) is 4.90 Å². The fraction of sp³-hybridized carbons (Fsp3) is 0.304. The van der Waals surface area contributed by atoms with Crippen molar-refractivity contribution in [1.29, 1.82) is 0 Å². The van der Waals surface area contributed by atoms with Crippen molar-refractivity contribution in [3.63, 3.8) is 0 Å². The van der Waals surface area contributed by atoms with E-state index < -0.39 is 17.7 Å². The van der Waals surface area contributed by atoms with E-state index in [1.54, 1.807) is 42.3 Å². The molecule has 0 unspecified atom stereocenters. The van der Waals surface area contributed by atoms with Crippen LogP contribution in [-0.4, -0.2) is 56.0 Å². The van der Waals surface area contributed by atoms with E-state index in [4.69, 9.17) is 4.74 Å². The molecule has 0 bridgehead atoms. The molecule has 1 fully saturated rings. The smallest absolute Gasteiger partial charge is 0.295 e. The molecule has 2 aromatic rings. The minimum atomic E-state index is -0.656. The summed E-state index contributed by atoms with van der Waals surface area (Å²) in [6.45, 7) is 1.30. The number of aliphatic hydroxyl groups excluding tert-OH is 1. The highest BCUT2D eigenvalue weighted by Gasteiger charge is 2.45. The van der Waals surface area contributed by atoms with E-state index in [0.29, 0.717) is 17.9 Å². The topological polar surface area (TPSA) is 71.3 Å². The number of ether oxygens (including phenoxy) is 1. The van der Waals surface area contributed by atoms with Crippen LogP contribution < -0.4 is 9.64 Å². The third-order valence-corrected chi connectivity index (χ3v) is 5.07. The first-order valence-corrected chi connectivity index (χ1v) is 9.71. The van der Waals surface area contributed by atoms with Gasteiger partial charge in [-0.05, 0) is 17.7 Å². The van der Waals surface area contributed by atoms with Crippen LogP contribution in [0, 0.1) is 0 Å². The fourth-order valence-electron chi connectivity index (χ4n) is 3.62. The third kappa shape index (κ3) is 4.32. The Balaban J connectivity index is 2.09. The molecule has 0 saturated carbocycles. The molecule has 2 aromatic carbocycles. The quantitative estimate of drug-likeness (QED) is 0.425. The largest absolute Gasteiger partial charge is 0.507 e. The Bertz CT molecular complexity index is 921. The van der Waals surface area contributed by atoms with Crippen LogP contribution in [0.2, 0.25) is 0 Å². The molecule has 1 saturated heterocycles. The van der Waals surface area contributed by atoms with Crippen molar-refractivity contribution in [2.24, 2.45) is 0 Å². The molecule has 0 radical (unpaired) electrons. The molecule has 1 aliphatic heterocycles. The number of Topliss-reactive ketones (excluding diaryl/α,β-unsaturated/α-hetero) is 1. The number of amides is 1. The molecule has 0 aliphatic carbocycles. The van der Waals surface area contributed by atoms with Gasteiger partial charge in [0.05, 0.1) is 39.4 Å². The van der Waals surface area contributed by atoms with Gasteiger partial charge in [-0.15, -0.1) is 0 Å². The van der Waals surface area contributed by atoms with Crippen LogP contribution in [0.25, 0.3) is 5.76 Å². The van der Waals surface area contributed by atoms with Gasteiger partial charge in [0.1, 0.15) is 11.5 Å². The van der Waals surface area contributed by atoms with Crippen molar-refractivity contribution in [3.8, 4) is 5.75 Å². The minimum absolute atomic E-state index is 0.117. The lowest BCUT2D eigenvalue weighted by Crippen LogP contribution is -3.05. The summed E-state index contributed by atoms with van der Waals surface area (Å²) >= 11 is 0. The van der Waals surface area contributed by atoms with Crippen LogP contribution in [0.3, 0.4) is 0 Å². The number of hydrogen-bond donors (Lipinski definition) is 2. The van der Waals surface area contributed by atoms with Gasteiger partial charge in [-0.1, -0.05) is 42.5 Å². The van der Waals surface area contributed by atoms with E-state index in [-0.39, 0.29) is 11.3 Å². The molecule has 1 amide bonds. The van der Waals surface area contributed by atoms with Crippen molar-refractivity contribution >= 4 is 17.4 Å². The van der Waals surface area contributed by atoms with Crippen LogP contribution in [0.4, 0.5) is 0 Å². The van der Waals surface area contributed by atoms with E-state index in [2.05, 4.69) is 0 Å². The molecule has 1 heterocycles. The number of nitrogens with zero attached hydrogens (tertiary/aromatic N) is 1. The summed E-state index contributed by atoms with van der Waals surface area (Å²) in [5.74, 6) is -0.761. The number of carbonyl (C=O) groups is 2. The Labute approximate surface area is 171 Å². The summed E-state index contributed by atoms with van der Waals surface area (Å²) in [7, 11) is 5.66. The van der Waals surface area contributed by atoms with Crippen LogP contribution in [-0.2, 0) is 9.59 Å². The lowest BCUT2D eigenvalue weighted by Gasteiger charge is -2.25. The Morgan fingerprint density at radius 1 is 1.10 bits per heavy atom. The number of ketones is 1. The molecule has 3 rings (SSSR count). The average Bonchev–Trinajstić information content (AvgIpc) is 2.98. The van der Waals surface area contributed by atoms with Gasteiger partial charge in [-0.25, -0.2) is 0 Å². The summed E-state index contributed by atoms with van der Waals surface area (Å²) in [4.78, 5) is 28.6. The highest BCUT2D eigenvalue weighted by Crippen LogP contribution is 2.40. The number of likely N-dealkylation sites (tertiary alicyclic amines) is 1. The Morgan fingerprint density at radius 2 is 1.83 bits per heavy atom. The lowest BCUT2D eigenvalue weighted by atomic mass is 9.95. The molecule has 2 N–H and O–H groups in total. The second-order valence-electron chi connectivity index (χ2n) is 7.45. The molecule has 152 valence electrons. The van der Waals surface area contributed by atoms with Crippen molar-refractivity contribution in [2.45, 2.75) is 12.5 Å². The molecular weight excluding hydrogens is 368 g/mol. The van der Waals surface area contributed by atoms with Gasteiger partial charge >= 0.3 is 0 Å². The molecule has 29 heavy (non-hydrogen) atoms. The highest BCUT2D eigenvalue weighted by molar-refractivity contribution is 6.46. The minimum Gasteiger partial charge on any atom is -0.507 e. The second kappa shape index (κ2) is 8.92. The van der Waals surface area contributed by atoms with Gasteiger partial charge in [0.15, 0.2) is 0 Å². The number of methoxy groups -OCH3 is 1. The maximum Gasteiger partial charge on any atom is 0.295 e. The molecule has 6 heteroatoms. The number of hydrogen-bond acceptors (Lipinski definition) is 4. The first-order chi connectivity index (χ1) is 13.9. The Hall–Kier alpha value is -3.12. The zero-order valence-electron chi connectivity index (χ0n) is 17.0. The van der Waals surface area contributed by atoms with Crippen LogP contribution in [0.1, 0.15) is 23.6 Å². The van der Waals surface area contributed by atoms with E-state index >= 15 is 0 Å². The summed E-state index contributed by atoms with van der Waals surface area (Å²) < 4.78 is 5.33. The van der Waals surface area contributed by atoms with E-state index in [0.717, 1.165) is 18.5 Å². The van der Waals surface area contributed by atoms with E-state index in [9.17, 15) is 14.7 Å². The SMILES string of the molecule is COc1cccc([C@@H]2C(=C(O)c3ccccc3)C(=O)C(=O)N2CCC[NH+](C)C)c1. The van der Waals surface area contributed by atoms with Crippen molar-refractivity contribution in [2.75, 3.05) is 34.3 Å². The van der Waals surface area contributed by atoms with Crippen molar-refractivity contribution in [3.05, 3.63) is 71.3 Å². The van der Waals surface area contributed by atoms with Gasteiger partial charge in [0.25, 0.3) is 11.7 Å². The number of carbonyl (C=O) groups excluding carboxylic acids is 2. The molecular formula is C23H27N2O4+. The summed E-state index contributed by atoms with van der Waals surface area (Å²) in [6.07, 6.45) is 0.751. The van der Waals surface area contributed by atoms with Crippen LogP contribution >= 0.6 is 0 Å². The summed E-state index contributed by atoms with van der Waals surface area (Å²) in [5.41, 5.74) is 1.36. The summed E-state index contributed by atoms with van der Waals surface area (Å²) in [6, 6.07) is 15.5. The Morgan fingerprint density at radius 3 is 2.48 bits per heavy atom. The predicted octanol–water partition coefficient (Wildman–Crippen LogP) is 1.65. The second-order valence-corrected chi connectivity index (χ2v) is 7.45. The van der Waals surface area contributed by atoms with Crippen molar-refractivity contribution < 1.29 is 24.3 Å². The van der Waals surface area contributed by atoms with Gasteiger partial charge in [0.2, 0.25) is 0 Å². The zero-order chi connectivity index (χ0) is 21.0. The number of benzene rings is 2. The van der Waals surface area contributed by atoms with E-state index in [1.807, 2.05) is 38.4 Å². The first-order valence-electron chi connectivity index (χ1n) is 9.71. The summed E-state index contributed by atoms with van der Waals surface area (Å²) in [5, 5.41) is 10.9. The average molecular weight is 395 g/mol. The van der Waals surface area contributed by atoms with Crippen LogP contribution in [0.15, 0.2) is 60.2 Å². The Kier molecular flexibility index (Phi) is 6.34. The number of quaternary nitrogens is 1. The van der Waals surface area contributed by atoms with Gasteiger partial charge in [-0.3, -0.25) is 9.59 Å².